The Hall–Kier alpha value is -1.67. The average molecular weight is 314 g/mol. The van der Waals surface area contributed by atoms with E-state index < -0.39 is 14.8 Å². The minimum Gasteiger partial charge on any atom is -0.396 e. The lowest BCUT2D eigenvalue weighted by Crippen LogP contribution is -2.37. The monoisotopic (exact) mass is 314 g/mol. The maximum Gasteiger partial charge on any atom is 0.311 e. The first-order valence-corrected chi connectivity index (χ1v) is 8.57. The summed E-state index contributed by atoms with van der Waals surface area (Å²) in [6.45, 7) is 1.13. The number of nitro benzene ring substituents is 1. The molecule has 7 nitrogen and oxygen atoms in total. The van der Waals surface area contributed by atoms with Gasteiger partial charge >= 0.3 is 5.69 Å². The summed E-state index contributed by atoms with van der Waals surface area (Å²) in [7, 11) is -3.68. The second-order valence-electron chi connectivity index (χ2n) is 5.29. The van der Waals surface area contributed by atoms with E-state index in [1.807, 2.05) is 0 Å². The van der Waals surface area contributed by atoms with Crippen molar-refractivity contribution in [1.29, 1.82) is 0 Å². The zero-order valence-electron chi connectivity index (χ0n) is 11.7. The summed E-state index contributed by atoms with van der Waals surface area (Å²) in [6.07, 6.45) is 2.64. The van der Waals surface area contributed by atoms with Gasteiger partial charge in [0.25, 0.3) is 0 Å². The van der Waals surface area contributed by atoms with Gasteiger partial charge in [-0.25, -0.2) is 8.42 Å². The summed E-state index contributed by atoms with van der Waals surface area (Å²) >= 11 is 0. The Morgan fingerprint density at radius 3 is 2.76 bits per heavy atom. The van der Waals surface area contributed by atoms with Crippen molar-refractivity contribution in [3.63, 3.8) is 0 Å². The summed E-state index contributed by atoms with van der Waals surface area (Å²) in [5.41, 5.74) is -0.0698. The molecule has 1 aromatic carbocycles. The van der Waals surface area contributed by atoms with Crippen molar-refractivity contribution in [1.82, 2.24) is 0 Å². The van der Waals surface area contributed by atoms with E-state index in [0.29, 0.717) is 18.8 Å². The van der Waals surface area contributed by atoms with Crippen LogP contribution in [0.15, 0.2) is 23.1 Å². The summed E-state index contributed by atoms with van der Waals surface area (Å²) in [5, 5.41) is 20.6. The maximum absolute atomic E-state index is 11.8. The van der Waals surface area contributed by atoms with Crippen LogP contribution in [0.5, 0.6) is 0 Å². The molecule has 0 aliphatic carbocycles. The molecule has 8 heteroatoms. The van der Waals surface area contributed by atoms with Crippen molar-refractivity contribution in [2.45, 2.75) is 17.7 Å². The van der Waals surface area contributed by atoms with Crippen molar-refractivity contribution in [2.75, 3.05) is 30.9 Å². The van der Waals surface area contributed by atoms with Gasteiger partial charge in [0.2, 0.25) is 0 Å². The van der Waals surface area contributed by atoms with E-state index in [-0.39, 0.29) is 23.1 Å². The average Bonchev–Trinajstić information content (AvgIpc) is 2.45. The van der Waals surface area contributed by atoms with Crippen LogP contribution in [0.4, 0.5) is 11.4 Å². The minimum absolute atomic E-state index is 0.0239. The molecule has 1 aliphatic heterocycles. The molecule has 0 radical (unpaired) electrons. The predicted octanol–water partition coefficient (Wildman–Crippen LogP) is 1.21. The predicted molar refractivity (Wildman–Crippen MR) is 78.2 cm³/mol. The van der Waals surface area contributed by atoms with Gasteiger partial charge in [0.1, 0.15) is 10.6 Å². The fraction of sp³-hybridized carbons (Fsp3) is 0.538. The molecule has 1 saturated heterocycles. The van der Waals surface area contributed by atoms with Crippen molar-refractivity contribution in [2.24, 2.45) is 5.92 Å². The van der Waals surface area contributed by atoms with Crippen molar-refractivity contribution in [3.05, 3.63) is 28.3 Å². The molecule has 0 saturated carbocycles. The van der Waals surface area contributed by atoms with Gasteiger partial charge in [-0.2, -0.15) is 0 Å². The van der Waals surface area contributed by atoms with Gasteiger partial charge in [-0.05, 0) is 30.9 Å². The van der Waals surface area contributed by atoms with Gasteiger partial charge in [-0.15, -0.1) is 0 Å². The van der Waals surface area contributed by atoms with Crippen LogP contribution >= 0.6 is 0 Å². The number of sulfone groups is 1. The van der Waals surface area contributed by atoms with E-state index in [9.17, 15) is 23.6 Å². The topological polar surface area (TPSA) is 101 Å². The molecule has 1 aromatic rings. The molecule has 1 N–H and O–H groups in total. The second-order valence-corrected chi connectivity index (χ2v) is 7.27. The van der Waals surface area contributed by atoms with Crippen LogP contribution in [-0.2, 0) is 9.84 Å². The summed E-state index contributed by atoms with van der Waals surface area (Å²) in [6, 6.07) is 4.33. The van der Waals surface area contributed by atoms with Crippen molar-refractivity contribution in [3.8, 4) is 0 Å². The molecule has 0 bridgehead atoms. The van der Waals surface area contributed by atoms with Crippen molar-refractivity contribution >= 4 is 21.2 Å². The molecule has 1 aliphatic rings. The standard InChI is InChI=1S/C13H18N2O5S/c1-21(19,20)12-6-2-5-11(13(12)15(17)18)14-7-3-4-10(8-14)9-16/h2,5-6,10,16H,3-4,7-9H2,1H3. The molecule has 116 valence electrons. The second kappa shape index (κ2) is 5.98. The zero-order chi connectivity index (χ0) is 15.6. The largest absolute Gasteiger partial charge is 0.396 e. The third-order valence-electron chi connectivity index (χ3n) is 3.68. The molecule has 21 heavy (non-hydrogen) atoms. The zero-order valence-corrected chi connectivity index (χ0v) is 12.5. The van der Waals surface area contributed by atoms with E-state index >= 15 is 0 Å². The Kier molecular flexibility index (Phi) is 4.48. The van der Waals surface area contributed by atoms with Crippen LogP contribution in [0, 0.1) is 16.0 Å². The molecular weight excluding hydrogens is 296 g/mol. The molecule has 1 fully saturated rings. The van der Waals surface area contributed by atoms with Crippen LogP contribution in [0.25, 0.3) is 0 Å². The molecule has 1 heterocycles. The molecule has 1 atom stereocenters. The highest BCUT2D eigenvalue weighted by atomic mass is 32.2. The molecule has 1 unspecified atom stereocenters. The Labute approximate surface area is 123 Å². The van der Waals surface area contributed by atoms with Gasteiger partial charge in [-0.3, -0.25) is 10.1 Å². The van der Waals surface area contributed by atoms with Gasteiger partial charge in [0.15, 0.2) is 9.84 Å². The molecular formula is C13H18N2O5S. The third-order valence-corrected chi connectivity index (χ3v) is 4.81. The van der Waals surface area contributed by atoms with Gasteiger partial charge in [0, 0.05) is 26.0 Å². The number of benzene rings is 1. The number of hydrogen-bond donors (Lipinski definition) is 1. The number of rotatable bonds is 4. The number of aliphatic hydroxyl groups is 1. The normalized spacial score (nSPS) is 19.5. The summed E-state index contributed by atoms with van der Waals surface area (Å²) in [4.78, 5) is 12.2. The number of aliphatic hydroxyl groups excluding tert-OH is 1. The lowest BCUT2D eigenvalue weighted by Gasteiger charge is -2.33. The molecule has 0 amide bonds. The fourth-order valence-corrected chi connectivity index (χ4v) is 3.54. The number of nitro groups is 1. The third kappa shape index (κ3) is 3.33. The van der Waals surface area contributed by atoms with E-state index in [0.717, 1.165) is 19.1 Å². The van der Waals surface area contributed by atoms with Gasteiger partial charge < -0.3 is 10.0 Å². The number of anilines is 1. The lowest BCUT2D eigenvalue weighted by atomic mass is 9.98. The van der Waals surface area contributed by atoms with Crippen molar-refractivity contribution < 1.29 is 18.4 Å². The number of piperidine rings is 1. The highest BCUT2D eigenvalue weighted by Gasteiger charge is 2.30. The van der Waals surface area contributed by atoms with Gasteiger partial charge in [0.05, 0.1) is 4.92 Å². The number of para-hydroxylation sites is 1. The quantitative estimate of drug-likeness (QED) is 0.662. The Balaban J connectivity index is 2.51. The van der Waals surface area contributed by atoms with Crippen LogP contribution < -0.4 is 4.90 Å². The van der Waals surface area contributed by atoms with Crippen LogP contribution in [0.2, 0.25) is 0 Å². The van der Waals surface area contributed by atoms with Gasteiger partial charge in [-0.1, -0.05) is 6.07 Å². The van der Waals surface area contributed by atoms with Crippen LogP contribution in [0.1, 0.15) is 12.8 Å². The van der Waals surface area contributed by atoms with E-state index in [1.54, 1.807) is 11.0 Å². The molecule has 2 rings (SSSR count). The Bertz CT molecular complexity index is 644. The Morgan fingerprint density at radius 2 is 2.19 bits per heavy atom. The van der Waals surface area contributed by atoms with E-state index in [2.05, 4.69) is 0 Å². The van der Waals surface area contributed by atoms with Crippen LogP contribution in [0.3, 0.4) is 0 Å². The van der Waals surface area contributed by atoms with E-state index in [4.69, 9.17) is 0 Å². The fourth-order valence-electron chi connectivity index (χ4n) is 2.68. The summed E-state index contributed by atoms with van der Waals surface area (Å²) in [5.74, 6) is 0.0558. The first-order valence-electron chi connectivity index (χ1n) is 6.68. The lowest BCUT2D eigenvalue weighted by molar-refractivity contribution is -0.387. The SMILES string of the molecule is CS(=O)(=O)c1cccc(N2CCCC(CO)C2)c1[N+](=O)[O-]. The van der Waals surface area contributed by atoms with E-state index in [1.165, 1.54) is 12.1 Å². The van der Waals surface area contributed by atoms with Crippen LogP contribution in [-0.4, -0.2) is 44.4 Å². The smallest absolute Gasteiger partial charge is 0.311 e. The molecule has 0 aromatic heterocycles. The highest BCUT2D eigenvalue weighted by Crippen LogP contribution is 2.36. The maximum atomic E-state index is 11.8. The highest BCUT2D eigenvalue weighted by molar-refractivity contribution is 7.90. The number of nitrogens with zero attached hydrogens (tertiary/aromatic N) is 2. The number of hydrogen-bond acceptors (Lipinski definition) is 6. The Morgan fingerprint density at radius 1 is 1.48 bits per heavy atom. The molecule has 0 spiro atoms. The first-order chi connectivity index (χ1) is 9.84. The minimum atomic E-state index is -3.68. The first kappa shape index (κ1) is 15.7. The summed E-state index contributed by atoms with van der Waals surface area (Å²) < 4.78 is 23.5.